The second-order valence-corrected chi connectivity index (χ2v) is 7.52. The Morgan fingerprint density at radius 1 is 1.00 bits per heavy atom. The highest BCUT2D eigenvalue weighted by atomic mass is 35.5. The summed E-state index contributed by atoms with van der Waals surface area (Å²) >= 11 is 12.0. The van der Waals surface area contributed by atoms with Gasteiger partial charge >= 0.3 is 6.18 Å². The molecule has 0 saturated carbocycles. The van der Waals surface area contributed by atoms with Gasteiger partial charge in [-0.1, -0.05) is 35.4 Å². The predicted octanol–water partition coefficient (Wildman–Crippen LogP) is 5.28. The zero-order valence-corrected chi connectivity index (χ0v) is 17.7. The van der Waals surface area contributed by atoms with Crippen LogP contribution in [0, 0.1) is 0 Å². The van der Waals surface area contributed by atoms with Crippen LogP contribution < -0.4 is 14.8 Å². The van der Waals surface area contributed by atoms with Gasteiger partial charge in [-0.25, -0.2) is 0 Å². The number of hydrogen-bond donors (Lipinski definition) is 1. The Bertz CT molecular complexity index is 959. The molecule has 0 saturated heterocycles. The molecule has 0 bridgehead atoms. The van der Waals surface area contributed by atoms with Gasteiger partial charge in [-0.3, -0.25) is 9.69 Å². The molecule has 0 unspecified atom stereocenters. The molecule has 1 aliphatic heterocycles. The Balaban J connectivity index is 1.48. The molecule has 5 nitrogen and oxygen atoms in total. The van der Waals surface area contributed by atoms with Crippen LogP contribution in [0.15, 0.2) is 48.6 Å². The molecule has 0 radical (unpaired) electrons. The molecule has 0 aromatic heterocycles. The number of nitrogens with one attached hydrogen (secondary N) is 1. The van der Waals surface area contributed by atoms with E-state index in [0.717, 1.165) is 37.8 Å². The Morgan fingerprint density at radius 3 is 2.29 bits per heavy atom. The Hall–Kier alpha value is -2.42. The largest absolute Gasteiger partial charge is 0.491 e. The summed E-state index contributed by atoms with van der Waals surface area (Å²) in [4.78, 5) is 14.3. The Labute approximate surface area is 187 Å². The van der Waals surface area contributed by atoms with Crippen LogP contribution in [0.5, 0.6) is 11.5 Å². The number of benzene rings is 2. The Kier molecular flexibility index (Phi) is 7.69. The van der Waals surface area contributed by atoms with Gasteiger partial charge in [0.1, 0.15) is 18.1 Å². The monoisotopic (exact) mass is 474 g/mol. The van der Waals surface area contributed by atoms with Crippen molar-refractivity contribution < 1.29 is 27.4 Å². The number of carbonyl (C=O) groups is 1. The molecule has 3 rings (SSSR count). The lowest BCUT2D eigenvalue weighted by Gasteiger charge is -2.16. The maximum atomic E-state index is 12.7. The van der Waals surface area contributed by atoms with Gasteiger partial charge in [-0.15, -0.1) is 0 Å². The van der Waals surface area contributed by atoms with Crippen molar-refractivity contribution in [3.8, 4) is 11.5 Å². The minimum absolute atomic E-state index is 0.0280. The standard InChI is InChI=1S/C21H19Cl2F3N2O3/c22-16-11-14(21(24,25)26)3-5-19(16)31-13-20(29)27-15-4-6-18(17(23)12-15)30-10-9-28-7-1-2-8-28/h1-6,11-12H,7-10,13H2,(H,27,29). The predicted molar refractivity (Wildman–Crippen MR) is 113 cm³/mol. The van der Waals surface area contributed by atoms with Crippen LogP contribution in [-0.4, -0.2) is 43.7 Å². The van der Waals surface area contributed by atoms with E-state index in [9.17, 15) is 18.0 Å². The fraction of sp³-hybridized carbons (Fsp3) is 0.286. The fourth-order valence-electron chi connectivity index (χ4n) is 2.82. The molecule has 2 aromatic rings. The quantitative estimate of drug-likeness (QED) is 0.528. The first-order valence-corrected chi connectivity index (χ1v) is 10.1. The van der Waals surface area contributed by atoms with Crippen molar-refractivity contribution in [3.63, 3.8) is 0 Å². The van der Waals surface area contributed by atoms with E-state index in [1.165, 1.54) is 6.07 Å². The van der Waals surface area contributed by atoms with Gasteiger partial charge in [0.2, 0.25) is 0 Å². The third-order valence-corrected chi connectivity index (χ3v) is 4.98. The molecule has 1 N–H and O–H groups in total. The summed E-state index contributed by atoms with van der Waals surface area (Å²) in [5.74, 6) is -0.0540. The van der Waals surface area contributed by atoms with Crippen LogP contribution in [0.1, 0.15) is 5.56 Å². The van der Waals surface area contributed by atoms with Gasteiger partial charge < -0.3 is 14.8 Å². The lowest BCUT2D eigenvalue weighted by atomic mass is 10.2. The third-order valence-electron chi connectivity index (χ3n) is 4.39. The average molecular weight is 475 g/mol. The molecule has 1 amide bonds. The summed E-state index contributed by atoms with van der Waals surface area (Å²) < 4.78 is 48.9. The molecule has 31 heavy (non-hydrogen) atoms. The van der Waals surface area contributed by atoms with Gasteiger partial charge in [0.25, 0.3) is 5.91 Å². The van der Waals surface area contributed by atoms with Gasteiger partial charge in [0, 0.05) is 25.3 Å². The van der Waals surface area contributed by atoms with E-state index in [-0.39, 0.29) is 10.8 Å². The SMILES string of the molecule is O=C(COc1ccc(C(F)(F)F)cc1Cl)Nc1ccc(OCCN2CC=CC2)c(Cl)c1. The average Bonchev–Trinajstić information content (AvgIpc) is 3.21. The first kappa shape index (κ1) is 23.2. The van der Waals surface area contributed by atoms with E-state index in [4.69, 9.17) is 32.7 Å². The number of carbonyl (C=O) groups excluding carboxylic acids is 1. The maximum absolute atomic E-state index is 12.7. The number of alkyl halides is 3. The van der Waals surface area contributed by atoms with E-state index in [2.05, 4.69) is 22.4 Å². The van der Waals surface area contributed by atoms with Crippen LogP contribution in [0.4, 0.5) is 18.9 Å². The molecule has 0 atom stereocenters. The molecular weight excluding hydrogens is 456 g/mol. The lowest BCUT2D eigenvalue weighted by Crippen LogP contribution is -2.25. The van der Waals surface area contributed by atoms with Crippen molar-refractivity contribution in [2.24, 2.45) is 0 Å². The summed E-state index contributed by atoms with van der Waals surface area (Å²) in [7, 11) is 0. The van der Waals surface area contributed by atoms with E-state index in [1.54, 1.807) is 12.1 Å². The summed E-state index contributed by atoms with van der Waals surface area (Å²) in [6.07, 6.45) is -0.320. The van der Waals surface area contributed by atoms with Crippen molar-refractivity contribution in [1.82, 2.24) is 4.90 Å². The number of amides is 1. The molecular formula is C21H19Cl2F3N2O3. The van der Waals surface area contributed by atoms with Gasteiger partial charge in [-0.05, 0) is 36.4 Å². The molecule has 2 aromatic carbocycles. The number of hydrogen-bond acceptors (Lipinski definition) is 4. The number of ether oxygens (including phenoxy) is 2. The van der Waals surface area contributed by atoms with Crippen LogP contribution in [0.3, 0.4) is 0 Å². The molecule has 0 fully saturated rings. The molecule has 0 spiro atoms. The molecule has 0 aliphatic carbocycles. The smallest absolute Gasteiger partial charge is 0.416 e. The normalized spacial score (nSPS) is 14.0. The van der Waals surface area contributed by atoms with Crippen molar-refractivity contribution in [1.29, 1.82) is 0 Å². The van der Waals surface area contributed by atoms with Gasteiger partial charge in [0.15, 0.2) is 6.61 Å². The van der Waals surface area contributed by atoms with E-state index < -0.39 is 24.3 Å². The summed E-state index contributed by atoms with van der Waals surface area (Å²) in [5, 5.41) is 2.69. The van der Waals surface area contributed by atoms with Gasteiger partial charge in [0.05, 0.1) is 15.6 Å². The first-order valence-electron chi connectivity index (χ1n) is 9.31. The third kappa shape index (κ3) is 6.78. The van der Waals surface area contributed by atoms with Crippen LogP contribution in [-0.2, 0) is 11.0 Å². The summed E-state index contributed by atoms with van der Waals surface area (Å²) in [5.41, 5.74) is -0.475. The van der Waals surface area contributed by atoms with Crippen molar-refractivity contribution in [2.75, 3.05) is 38.2 Å². The summed E-state index contributed by atoms with van der Waals surface area (Å²) in [6.45, 7) is 2.62. The zero-order chi connectivity index (χ0) is 22.4. The number of rotatable bonds is 8. The van der Waals surface area contributed by atoms with Crippen molar-refractivity contribution >= 4 is 34.8 Å². The zero-order valence-electron chi connectivity index (χ0n) is 16.2. The molecule has 1 heterocycles. The molecule has 166 valence electrons. The van der Waals surface area contributed by atoms with Crippen molar-refractivity contribution in [3.05, 3.63) is 64.2 Å². The second kappa shape index (κ2) is 10.3. The number of anilines is 1. The highest BCUT2D eigenvalue weighted by molar-refractivity contribution is 6.32. The summed E-state index contributed by atoms with van der Waals surface area (Å²) in [6, 6.07) is 7.46. The minimum Gasteiger partial charge on any atom is -0.491 e. The fourth-order valence-corrected chi connectivity index (χ4v) is 3.29. The Morgan fingerprint density at radius 2 is 1.65 bits per heavy atom. The van der Waals surface area contributed by atoms with E-state index in [0.29, 0.717) is 23.1 Å². The van der Waals surface area contributed by atoms with E-state index >= 15 is 0 Å². The van der Waals surface area contributed by atoms with Crippen molar-refractivity contribution in [2.45, 2.75) is 6.18 Å². The van der Waals surface area contributed by atoms with E-state index in [1.807, 2.05) is 0 Å². The second-order valence-electron chi connectivity index (χ2n) is 6.70. The van der Waals surface area contributed by atoms with Crippen LogP contribution in [0.2, 0.25) is 10.0 Å². The highest BCUT2D eigenvalue weighted by Crippen LogP contribution is 2.34. The lowest BCUT2D eigenvalue weighted by molar-refractivity contribution is -0.137. The number of halogens is 5. The minimum atomic E-state index is -4.51. The molecule has 1 aliphatic rings. The van der Waals surface area contributed by atoms with Gasteiger partial charge in [-0.2, -0.15) is 13.2 Å². The highest BCUT2D eigenvalue weighted by Gasteiger charge is 2.31. The number of nitrogens with zero attached hydrogens (tertiary/aromatic N) is 1. The topological polar surface area (TPSA) is 50.8 Å². The molecule has 10 heteroatoms. The van der Waals surface area contributed by atoms with Crippen LogP contribution in [0.25, 0.3) is 0 Å². The first-order chi connectivity index (χ1) is 14.7. The maximum Gasteiger partial charge on any atom is 0.416 e. The van der Waals surface area contributed by atoms with Crippen LogP contribution >= 0.6 is 23.2 Å².